The normalized spacial score (nSPS) is 10.7. The molecule has 0 bridgehead atoms. The van der Waals surface area contributed by atoms with Crippen molar-refractivity contribution in [2.75, 3.05) is 5.32 Å². The Morgan fingerprint density at radius 3 is 2.69 bits per heavy atom. The molecule has 2 aromatic carbocycles. The number of nitro groups is 1. The summed E-state index contributed by atoms with van der Waals surface area (Å²) in [5.41, 5.74) is 0.115. The standard InChI is InChI=1S/C18H9N3O3S2/c19-9-10-7-11(21(23)24)5-6-13(10)20-18(22)16-8-15-17(26-16)12-3-1-2-4-14(12)25-15/h1-8H,(H,20,22). The fourth-order valence-corrected chi connectivity index (χ4v) is 5.06. The minimum Gasteiger partial charge on any atom is -0.320 e. The molecular formula is C18H9N3O3S2. The van der Waals surface area contributed by atoms with E-state index in [0.717, 1.165) is 20.9 Å². The van der Waals surface area contributed by atoms with Gasteiger partial charge in [0.15, 0.2) is 0 Å². The molecule has 2 heterocycles. The molecule has 0 unspecified atom stereocenters. The summed E-state index contributed by atoms with van der Waals surface area (Å²) in [6.07, 6.45) is 0. The van der Waals surface area contributed by atoms with Gasteiger partial charge in [-0.15, -0.1) is 22.7 Å². The molecule has 8 heteroatoms. The Morgan fingerprint density at radius 1 is 1.12 bits per heavy atom. The van der Waals surface area contributed by atoms with E-state index >= 15 is 0 Å². The number of nitrogens with one attached hydrogen (secondary N) is 1. The summed E-state index contributed by atoms with van der Waals surface area (Å²) >= 11 is 3.01. The van der Waals surface area contributed by atoms with Crippen molar-refractivity contribution in [2.45, 2.75) is 0 Å². The molecule has 0 aliphatic carbocycles. The van der Waals surface area contributed by atoms with Gasteiger partial charge in [-0.2, -0.15) is 5.26 Å². The minimum absolute atomic E-state index is 0.0522. The molecule has 0 spiro atoms. The number of hydrogen-bond acceptors (Lipinski definition) is 6. The lowest BCUT2D eigenvalue weighted by Gasteiger charge is -2.05. The van der Waals surface area contributed by atoms with Gasteiger partial charge in [0.25, 0.3) is 11.6 Å². The van der Waals surface area contributed by atoms with Crippen LogP contribution >= 0.6 is 22.7 Å². The third-order valence-electron chi connectivity index (χ3n) is 3.86. The van der Waals surface area contributed by atoms with Crippen LogP contribution < -0.4 is 5.32 Å². The molecule has 6 nitrogen and oxygen atoms in total. The van der Waals surface area contributed by atoms with Crippen LogP contribution in [-0.4, -0.2) is 10.8 Å². The minimum atomic E-state index is -0.578. The predicted octanol–water partition coefficient (Wildman–Crippen LogP) is 5.15. The van der Waals surface area contributed by atoms with Gasteiger partial charge in [-0.05, 0) is 18.2 Å². The summed E-state index contributed by atoms with van der Waals surface area (Å²) in [6.45, 7) is 0. The first-order valence-electron chi connectivity index (χ1n) is 7.48. The number of nitriles is 1. The molecule has 4 rings (SSSR count). The van der Waals surface area contributed by atoms with E-state index in [4.69, 9.17) is 0 Å². The van der Waals surface area contributed by atoms with Crippen molar-refractivity contribution >= 4 is 59.4 Å². The summed E-state index contributed by atoms with van der Waals surface area (Å²) in [4.78, 5) is 23.3. The van der Waals surface area contributed by atoms with E-state index < -0.39 is 4.92 Å². The van der Waals surface area contributed by atoms with Crippen LogP contribution in [0.4, 0.5) is 11.4 Å². The highest BCUT2D eigenvalue weighted by Gasteiger charge is 2.17. The number of carbonyl (C=O) groups is 1. The van der Waals surface area contributed by atoms with Crippen LogP contribution in [0.2, 0.25) is 0 Å². The Kier molecular flexibility index (Phi) is 3.88. The fourth-order valence-electron chi connectivity index (χ4n) is 2.64. The number of carbonyl (C=O) groups excluding carboxylic acids is 1. The number of amides is 1. The SMILES string of the molecule is N#Cc1cc([N+](=O)[O-])ccc1NC(=O)c1cc2sc3ccccc3c2s1. The van der Waals surface area contributed by atoms with E-state index in [9.17, 15) is 20.2 Å². The van der Waals surface area contributed by atoms with Gasteiger partial charge in [0, 0.05) is 26.9 Å². The number of rotatable bonds is 3. The molecule has 0 fully saturated rings. The van der Waals surface area contributed by atoms with Crippen molar-refractivity contribution in [2.24, 2.45) is 0 Å². The highest BCUT2D eigenvalue weighted by molar-refractivity contribution is 7.33. The molecule has 4 aromatic rings. The molecule has 2 aromatic heterocycles. The molecule has 0 atom stereocenters. The highest BCUT2D eigenvalue weighted by Crippen LogP contribution is 2.39. The number of benzene rings is 2. The Labute approximate surface area is 155 Å². The van der Waals surface area contributed by atoms with Crippen LogP contribution in [0, 0.1) is 21.4 Å². The van der Waals surface area contributed by atoms with Crippen LogP contribution in [0.3, 0.4) is 0 Å². The van der Waals surface area contributed by atoms with Crippen LogP contribution in [0.1, 0.15) is 15.2 Å². The van der Waals surface area contributed by atoms with E-state index in [0.29, 0.717) is 4.88 Å². The molecule has 1 amide bonds. The molecule has 0 radical (unpaired) electrons. The second-order valence-corrected chi connectivity index (χ2v) is 7.59. The second kappa shape index (κ2) is 6.22. The maximum Gasteiger partial charge on any atom is 0.270 e. The first-order valence-corrected chi connectivity index (χ1v) is 9.11. The molecule has 26 heavy (non-hydrogen) atoms. The maximum absolute atomic E-state index is 12.6. The van der Waals surface area contributed by atoms with Crippen molar-refractivity contribution in [3.05, 3.63) is 69.1 Å². The van der Waals surface area contributed by atoms with E-state index in [1.807, 2.05) is 36.4 Å². The van der Waals surface area contributed by atoms with Gasteiger partial charge >= 0.3 is 0 Å². The average Bonchev–Trinajstić information content (AvgIpc) is 3.19. The van der Waals surface area contributed by atoms with Gasteiger partial charge in [0.05, 0.1) is 25.8 Å². The topological polar surface area (TPSA) is 96.0 Å². The number of non-ortho nitro benzene ring substituents is 1. The summed E-state index contributed by atoms with van der Waals surface area (Å²) in [5.74, 6) is -0.340. The Hall–Kier alpha value is -3.28. The van der Waals surface area contributed by atoms with Gasteiger partial charge < -0.3 is 5.32 Å². The molecular weight excluding hydrogens is 370 g/mol. The van der Waals surface area contributed by atoms with Crippen molar-refractivity contribution in [3.8, 4) is 6.07 Å². The zero-order chi connectivity index (χ0) is 18.3. The predicted molar refractivity (Wildman–Crippen MR) is 103 cm³/mol. The maximum atomic E-state index is 12.6. The van der Waals surface area contributed by atoms with Gasteiger partial charge in [-0.1, -0.05) is 18.2 Å². The van der Waals surface area contributed by atoms with Crippen molar-refractivity contribution in [3.63, 3.8) is 0 Å². The van der Waals surface area contributed by atoms with E-state index in [1.54, 1.807) is 11.3 Å². The molecule has 0 aliphatic heterocycles. The first-order chi connectivity index (χ1) is 12.6. The van der Waals surface area contributed by atoms with Gasteiger partial charge in [0.1, 0.15) is 6.07 Å². The summed E-state index contributed by atoms with van der Waals surface area (Å²) in [6, 6.07) is 15.5. The summed E-state index contributed by atoms with van der Waals surface area (Å²) < 4.78 is 3.26. The molecule has 0 aliphatic rings. The zero-order valence-corrected chi connectivity index (χ0v) is 14.7. The van der Waals surface area contributed by atoms with Crippen LogP contribution in [0.15, 0.2) is 48.5 Å². The largest absolute Gasteiger partial charge is 0.320 e. The van der Waals surface area contributed by atoms with Crippen LogP contribution in [0.25, 0.3) is 19.5 Å². The third-order valence-corrected chi connectivity index (χ3v) is 6.27. The Bertz CT molecular complexity index is 1230. The van der Waals surface area contributed by atoms with Crippen molar-refractivity contribution < 1.29 is 9.72 Å². The molecule has 0 saturated carbocycles. The lowest BCUT2D eigenvalue weighted by Crippen LogP contribution is -2.11. The first kappa shape index (κ1) is 16.2. The fraction of sp³-hybridized carbons (Fsp3) is 0. The van der Waals surface area contributed by atoms with E-state index in [-0.39, 0.29) is 22.8 Å². The van der Waals surface area contributed by atoms with Crippen LogP contribution in [-0.2, 0) is 0 Å². The quantitative estimate of drug-likeness (QED) is 0.393. The molecule has 0 saturated heterocycles. The Balaban J connectivity index is 1.67. The average molecular weight is 379 g/mol. The smallest absolute Gasteiger partial charge is 0.270 e. The van der Waals surface area contributed by atoms with Crippen LogP contribution in [0.5, 0.6) is 0 Å². The number of nitro benzene ring substituents is 1. The number of hydrogen-bond donors (Lipinski definition) is 1. The summed E-state index contributed by atoms with van der Waals surface area (Å²) in [7, 11) is 0. The third kappa shape index (κ3) is 2.69. The number of nitrogens with zero attached hydrogens (tertiary/aromatic N) is 2. The molecule has 126 valence electrons. The Morgan fingerprint density at radius 2 is 1.92 bits per heavy atom. The second-order valence-electron chi connectivity index (χ2n) is 5.46. The lowest BCUT2D eigenvalue weighted by molar-refractivity contribution is -0.384. The monoisotopic (exact) mass is 379 g/mol. The van der Waals surface area contributed by atoms with E-state index in [1.165, 1.54) is 28.2 Å². The number of anilines is 1. The van der Waals surface area contributed by atoms with E-state index in [2.05, 4.69) is 5.32 Å². The lowest BCUT2D eigenvalue weighted by atomic mass is 10.1. The van der Waals surface area contributed by atoms with Gasteiger partial charge in [-0.3, -0.25) is 14.9 Å². The highest BCUT2D eigenvalue weighted by atomic mass is 32.1. The zero-order valence-electron chi connectivity index (χ0n) is 13.1. The number of fused-ring (bicyclic) bond motifs is 3. The van der Waals surface area contributed by atoms with Crippen molar-refractivity contribution in [1.82, 2.24) is 0 Å². The number of thiophene rings is 2. The van der Waals surface area contributed by atoms with Gasteiger partial charge in [-0.25, -0.2) is 0 Å². The van der Waals surface area contributed by atoms with Gasteiger partial charge in [0.2, 0.25) is 0 Å². The van der Waals surface area contributed by atoms with Crippen molar-refractivity contribution in [1.29, 1.82) is 5.26 Å². The molecule has 1 N–H and O–H groups in total. The summed E-state index contributed by atoms with van der Waals surface area (Å²) in [5, 5.41) is 23.8.